The number of hydrogen-bond donors (Lipinski definition) is 3. The number of urea groups is 1. The van der Waals surface area contributed by atoms with Gasteiger partial charge in [0.15, 0.2) is 0 Å². The quantitative estimate of drug-likeness (QED) is 0.288. The fourth-order valence-corrected chi connectivity index (χ4v) is 5.61. The zero-order valence-electron chi connectivity index (χ0n) is 22.3. The minimum atomic E-state index is -0.651. The fraction of sp³-hybridized carbons (Fsp3) is 0.407. The van der Waals surface area contributed by atoms with E-state index in [0.29, 0.717) is 35.3 Å². The molecule has 0 bridgehead atoms. The van der Waals surface area contributed by atoms with Gasteiger partial charge in [0, 0.05) is 60.0 Å². The van der Waals surface area contributed by atoms with Crippen LogP contribution in [0.4, 0.5) is 10.6 Å². The molecule has 3 N–H and O–H groups in total. The Morgan fingerprint density at radius 1 is 1.15 bits per heavy atom. The molecule has 2 aliphatic rings. The molecular weight excluding hydrogens is 532 g/mol. The van der Waals surface area contributed by atoms with Crippen molar-refractivity contribution in [3.05, 3.63) is 46.2 Å². The van der Waals surface area contributed by atoms with Gasteiger partial charge in [-0.3, -0.25) is 5.32 Å². The van der Waals surface area contributed by atoms with E-state index >= 15 is 0 Å². The number of thiazole rings is 1. The molecule has 0 aromatic carbocycles. The lowest BCUT2D eigenvalue weighted by molar-refractivity contribution is 0.110. The van der Waals surface area contributed by atoms with Crippen molar-refractivity contribution >= 4 is 23.2 Å². The van der Waals surface area contributed by atoms with Crippen LogP contribution in [0, 0.1) is 0 Å². The highest BCUT2D eigenvalue weighted by atomic mass is 32.1. The van der Waals surface area contributed by atoms with Crippen molar-refractivity contribution in [3.63, 3.8) is 0 Å². The summed E-state index contributed by atoms with van der Waals surface area (Å²) < 4.78 is 11.7. The van der Waals surface area contributed by atoms with E-state index in [9.17, 15) is 9.59 Å². The third kappa shape index (κ3) is 5.75. The Labute approximate surface area is 234 Å². The molecule has 6 rings (SSSR count). The zero-order valence-corrected chi connectivity index (χ0v) is 23.1. The number of ether oxygens (including phenoxy) is 1. The Bertz CT molecular complexity index is 1570. The summed E-state index contributed by atoms with van der Waals surface area (Å²) in [7, 11) is 2.10. The number of likely N-dealkylation sites (tertiary alicyclic amines) is 1. The van der Waals surface area contributed by atoms with E-state index in [1.165, 1.54) is 0 Å². The van der Waals surface area contributed by atoms with Gasteiger partial charge in [0.05, 0.1) is 11.3 Å². The number of hydrogen-bond acceptors (Lipinski definition) is 10. The molecule has 0 radical (unpaired) electrons. The van der Waals surface area contributed by atoms with Gasteiger partial charge in [0.25, 0.3) is 5.89 Å². The molecule has 1 saturated heterocycles. The first-order valence-electron chi connectivity index (χ1n) is 13.4. The Morgan fingerprint density at radius 2 is 1.98 bits per heavy atom. The van der Waals surface area contributed by atoms with Gasteiger partial charge in [0.2, 0.25) is 5.88 Å². The van der Waals surface area contributed by atoms with E-state index < -0.39 is 5.76 Å². The third-order valence-corrected chi connectivity index (χ3v) is 7.89. The van der Waals surface area contributed by atoms with E-state index in [1.807, 2.05) is 19.1 Å². The van der Waals surface area contributed by atoms with Crippen LogP contribution in [0.15, 0.2) is 39.1 Å². The molecule has 0 unspecified atom stereocenters. The van der Waals surface area contributed by atoms with Crippen molar-refractivity contribution in [1.29, 1.82) is 0 Å². The number of carbonyl (C=O) groups excluding carboxylic acids is 1. The number of pyridine rings is 2. The number of piperidine rings is 1. The van der Waals surface area contributed by atoms with Gasteiger partial charge in [-0.15, -0.1) is 16.4 Å². The normalized spacial score (nSPS) is 16.1. The van der Waals surface area contributed by atoms with Crippen LogP contribution in [0.5, 0.6) is 5.88 Å². The molecule has 4 aromatic rings. The van der Waals surface area contributed by atoms with Crippen molar-refractivity contribution < 1.29 is 13.9 Å². The number of amides is 2. The van der Waals surface area contributed by atoms with Gasteiger partial charge < -0.3 is 19.4 Å². The molecule has 1 aliphatic carbocycles. The maximum atomic E-state index is 12.3. The van der Waals surface area contributed by atoms with E-state index in [-0.39, 0.29) is 18.0 Å². The summed E-state index contributed by atoms with van der Waals surface area (Å²) in [6.07, 6.45) is 7.33. The van der Waals surface area contributed by atoms with Crippen LogP contribution in [0.3, 0.4) is 0 Å². The molecule has 13 heteroatoms. The van der Waals surface area contributed by atoms with E-state index in [0.717, 1.165) is 60.6 Å². The summed E-state index contributed by atoms with van der Waals surface area (Å²) in [5.41, 5.74) is 3.77. The van der Waals surface area contributed by atoms with Crippen molar-refractivity contribution in [3.8, 4) is 39.0 Å². The first-order chi connectivity index (χ1) is 19.5. The summed E-state index contributed by atoms with van der Waals surface area (Å²) in [5.74, 6) is 0.815. The molecule has 208 valence electrons. The van der Waals surface area contributed by atoms with Crippen LogP contribution >= 0.6 is 11.3 Å². The van der Waals surface area contributed by atoms with Crippen LogP contribution in [0.1, 0.15) is 44.2 Å². The largest absolute Gasteiger partial charge is 0.474 e. The second-order valence-electron chi connectivity index (χ2n) is 10.1. The first-order valence-corrected chi connectivity index (χ1v) is 14.3. The standard InChI is InChI=1S/C27H30N8O4S/c1-3-28-26(36)32-22-11-19(25-31-21(14-40-25)15-4-5-15)20(13-29-22)18-10-16(23-33-34-27(37)39-23)12-30-24(18)38-17-6-8-35(2)9-7-17/h10-15,17H,3-9H2,1-2H3,(H,34,37)(H2,28,29,32,36). The molecule has 0 atom stereocenters. The van der Waals surface area contributed by atoms with Gasteiger partial charge in [-0.25, -0.2) is 29.6 Å². The average molecular weight is 563 g/mol. The number of nitrogens with one attached hydrogen (secondary N) is 3. The van der Waals surface area contributed by atoms with Gasteiger partial charge in [-0.2, -0.15) is 0 Å². The van der Waals surface area contributed by atoms with Crippen LogP contribution in [-0.4, -0.2) is 68.9 Å². The average Bonchev–Trinajstić information content (AvgIpc) is 3.51. The Hall–Kier alpha value is -4.10. The molecule has 1 aliphatic heterocycles. The molecule has 2 amide bonds. The number of carbonyl (C=O) groups is 1. The molecule has 2 fully saturated rings. The van der Waals surface area contributed by atoms with Crippen LogP contribution in [0.25, 0.3) is 33.2 Å². The van der Waals surface area contributed by atoms with Crippen molar-refractivity contribution in [2.75, 3.05) is 32.0 Å². The number of aromatic nitrogens is 5. The zero-order chi connectivity index (χ0) is 27.6. The van der Waals surface area contributed by atoms with Crippen LogP contribution in [0.2, 0.25) is 0 Å². The van der Waals surface area contributed by atoms with Gasteiger partial charge in [0.1, 0.15) is 16.9 Å². The first kappa shape index (κ1) is 26.1. The summed E-state index contributed by atoms with van der Waals surface area (Å²) >= 11 is 1.55. The van der Waals surface area contributed by atoms with E-state index in [1.54, 1.807) is 23.7 Å². The minimum Gasteiger partial charge on any atom is -0.474 e. The van der Waals surface area contributed by atoms with Crippen molar-refractivity contribution in [2.24, 2.45) is 0 Å². The third-order valence-electron chi connectivity index (χ3n) is 7.00. The highest BCUT2D eigenvalue weighted by Crippen LogP contribution is 2.44. The van der Waals surface area contributed by atoms with E-state index in [4.69, 9.17) is 14.1 Å². The monoisotopic (exact) mass is 562 g/mol. The summed E-state index contributed by atoms with van der Waals surface area (Å²) in [5, 5.41) is 14.7. The summed E-state index contributed by atoms with van der Waals surface area (Å²) in [6, 6.07) is 3.32. The second-order valence-corrected chi connectivity index (χ2v) is 10.9. The smallest absolute Gasteiger partial charge is 0.434 e. The van der Waals surface area contributed by atoms with Gasteiger partial charge in [-0.1, -0.05) is 0 Å². The highest BCUT2D eigenvalue weighted by molar-refractivity contribution is 7.13. The fourth-order valence-electron chi connectivity index (χ4n) is 4.68. The lowest BCUT2D eigenvalue weighted by atomic mass is 10.0. The number of H-pyrrole nitrogens is 1. The van der Waals surface area contributed by atoms with Crippen molar-refractivity contribution in [2.45, 2.75) is 44.6 Å². The molecule has 12 nitrogen and oxygen atoms in total. The number of aromatic amines is 1. The highest BCUT2D eigenvalue weighted by Gasteiger charge is 2.28. The summed E-state index contributed by atoms with van der Waals surface area (Å²) in [4.78, 5) is 40.3. The predicted molar refractivity (Wildman–Crippen MR) is 151 cm³/mol. The summed E-state index contributed by atoms with van der Waals surface area (Å²) in [6.45, 7) is 4.22. The minimum absolute atomic E-state index is 0.00744. The van der Waals surface area contributed by atoms with Gasteiger partial charge in [-0.05, 0) is 51.8 Å². The second kappa shape index (κ2) is 11.2. The van der Waals surface area contributed by atoms with Crippen LogP contribution < -0.4 is 21.1 Å². The lowest BCUT2D eigenvalue weighted by Crippen LogP contribution is -2.35. The predicted octanol–water partition coefficient (Wildman–Crippen LogP) is 4.10. The lowest BCUT2D eigenvalue weighted by Gasteiger charge is -2.29. The molecule has 0 spiro atoms. The Kier molecular flexibility index (Phi) is 7.30. The number of nitrogens with zero attached hydrogens (tertiary/aromatic N) is 5. The van der Waals surface area contributed by atoms with Gasteiger partial charge >= 0.3 is 11.8 Å². The topological polar surface area (TPSA) is 151 Å². The maximum absolute atomic E-state index is 12.3. The molecule has 4 aromatic heterocycles. The molecular formula is C27H30N8O4S. The molecule has 5 heterocycles. The SMILES string of the molecule is CCNC(=O)Nc1cc(-c2nc(C3CC3)cs2)c(-c2cc(-c3n[nH]c(=O)o3)cnc2OC2CCN(C)CC2)cn1. The maximum Gasteiger partial charge on any atom is 0.434 e. The Morgan fingerprint density at radius 3 is 2.70 bits per heavy atom. The molecule has 1 saturated carbocycles. The van der Waals surface area contributed by atoms with E-state index in [2.05, 4.69) is 48.1 Å². The number of rotatable bonds is 8. The van der Waals surface area contributed by atoms with Crippen molar-refractivity contribution in [1.82, 2.24) is 35.4 Å². The van der Waals surface area contributed by atoms with Crippen LogP contribution in [-0.2, 0) is 0 Å². The number of anilines is 1. The molecule has 40 heavy (non-hydrogen) atoms. The Balaban J connectivity index is 1.45.